The van der Waals surface area contributed by atoms with Crippen LogP contribution in [0, 0.1) is 0 Å². The lowest BCUT2D eigenvalue weighted by molar-refractivity contribution is 0.0489. The summed E-state index contributed by atoms with van der Waals surface area (Å²) in [5.41, 5.74) is 9.43. The van der Waals surface area contributed by atoms with Crippen molar-refractivity contribution < 1.29 is 14.3 Å². The number of carbonyl (C=O) groups is 2. The van der Waals surface area contributed by atoms with Crippen molar-refractivity contribution in [3.05, 3.63) is 94.5 Å². The first kappa shape index (κ1) is 28.7. The highest BCUT2D eigenvalue weighted by atomic mass is 35.5. The van der Waals surface area contributed by atoms with Gasteiger partial charge in [-0.2, -0.15) is 0 Å². The third kappa shape index (κ3) is 7.84. The second-order valence-corrected chi connectivity index (χ2v) is 11.6. The Hall–Kier alpha value is -3.35. The molecular formula is C32H38ClN3O3. The molecule has 0 heterocycles. The highest BCUT2D eigenvalue weighted by Gasteiger charge is 2.26. The highest BCUT2D eigenvalue weighted by molar-refractivity contribution is 6.33. The van der Waals surface area contributed by atoms with Gasteiger partial charge in [0, 0.05) is 40.7 Å². The van der Waals surface area contributed by atoms with Crippen molar-refractivity contribution in [2.75, 3.05) is 6.54 Å². The van der Waals surface area contributed by atoms with Crippen LogP contribution in [0.3, 0.4) is 0 Å². The third-order valence-electron chi connectivity index (χ3n) is 7.14. The number of ether oxygens (including phenoxy) is 1. The topological polar surface area (TPSA) is 93.4 Å². The fourth-order valence-electron chi connectivity index (χ4n) is 5.21. The molecule has 0 radical (unpaired) electrons. The molecule has 1 aliphatic rings. The molecule has 7 heteroatoms. The minimum Gasteiger partial charge on any atom is -0.444 e. The van der Waals surface area contributed by atoms with Crippen molar-refractivity contribution >= 4 is 23.6 Å². The van der Waals surface area contributed by atoms with Gasteiger partial charge in [0.2, 0.25) is 5.91 Å². The largest absolute Gasteiger partial charge is 0.444 e. The summed E-state index contributed by atoms with van der Waals surface area (Å²) >= 11 is 6.64. The lowest BCUT2D eigenvalue weighted by atomic mass is 9.87. The lowest BCUT2D eigenvalue weighted by Crippen LogP contribution is -2.44. The van der Waals surface area contributed by atoms with E-state index in [-0.39, 0.29) is 18.1 Å². The molecule has 4 rings (SSSR count). The summed E-state index contributed by atoms with van der Waals surface area (Å²) in [6, 6.07) is 24.2. The average Bonchev–Trinajstić information content (AvgIpc) is 2.90. The molecule has 2 amide bonds. The molecule has 0 aromatic heterocycles. The van der Waals surface area contributed by atoms with Crippen molar-refractivity contribution in [2.45, 2.75) is 70.1 Å². The predicted octanol–water partition coefficient (Wildman–Crippen LogP) is 6.66. The second kappa shape index (κ2) is 12.7. The first-order valence-electron chi connectivity index (χ1n) is 13.6. The maximum atomic E-state index is 12.2. The fraction of sp³-hybridized carbons (Fsp3) is 0.375. The molecular weight excluding hydrogens is 510 g/mol. The predicted molar refractivity (Wildman–Crippen MR) is 157 cm³/mol. The summed E-state index contributed by atoms with van der Waals surface area (Å²) in [6.07, 6.45) is 3.41. The van der Waals surface area contributed by atoms with Gasteiger partial charge in [0.15, 0.2) is 0 Å². The molecule has 1 atom stereocenters. The molecule has 1 aliphatic carbocycles. The van der Waals surface area contributed by atoms with Crippen LogP contribution in [0.1, 0.15) is 73.9 Å². The molecule has 39 heavy (non-hydrogen) atoms. The minimum absolute atomic E-state index is 0.0839. The Balaban J connectivity index is 1.48. The fourth-order valence-corrected chi connectivity index (χ4v) is 5.43. The number of benzene rings is 3. The third-order valence-corrected chi connectivity index (χ3v) is 7.47. The van der Waals surface area contributed by atoms with Crippen LogP contribution in [-0.4, -0.2) is 36.2 Å². The van der Waals surface area contributed by atoms with E-state index in [9.17, 15) is 9.59 Å². The van der Waals surface area contributed by atoms with Gasteiger partial charge < -0.3 is 21.1 Å². The molecule has 3 aromatic carbocycles. The van der Waals surface area contributed by atoms with Gasteiger partial charge in [-0.25, -0.2) is 4.79 Å². The van der Waals surface area contributed by atoms with Crippen LogP contribution < -0.4 is 16.4 Å². The summed E-state index contributed by atoms with van der Waals surface area (Å²) < 4.78 is 5.41. The van der Waals surface area contributed by atoms with E-state index in [1.165, 1.54) is 5.56 Å². The lowest BCUT2D eigenvalue weighted by Gasteiger charge is -2.32. The highest BCUT2D eigenvalue weighted by Crippen LogP contribution is 2.35. The van der Waals surface area contributed by atoms with Crippen LogP contribution >= 0.6 is 11.6 Å². The Kier molecular flexibility index (Phi) is 9.31. The van der Waals surface area contributed by atoms with E-state index in [1.54, 1.807) is 12.1 Å². The molecule has 0 bridgehead atoms. The van der Waals surface area contributed by atoms with Crippen molar-refractivity contribution in [3.63, 3.8) is 0 Å². The minimum atomic E-state index is -0.501. The molecule has 3 aromatic rings. The maximum absolute atomic E-state index is 12.2. The van der Waals surface area contributed by atoms with Crippen molar-refractivity contribution in [3.8, 4) is 11.1 Å². The number of rotatable bonds is 8. The number of hydrogen-bond acceptors (Lipinski definition) is 4. The van der Waals surface area contributed by atoms with E-state index in [4.69, 9.17) is 22.1 Å². The zero-order valence-corrected chi connectivity index (χ0v) is 23.6. The van der Waals surface area contributed by atoms with Gasteiger partial charge in [-0.1, -0.05) is 66.2 Å². The Morgan fingerprint density at radius 2 is 1.54 bits per heavy atom. The smallest absolute Gasteiger partial charge is 0.407 e. The number of nitrogens with one attached hydrogen (secondary N) is 2. The van der Waals surface area contributed by atoms with E-state index >= 15 is 0 Å². The Labute approximate surface area is 236 Å². The van der Waals surface area contributed by atoms with Gasteiger partial charge in [0.25, 0.3) is 0 Å². The molecule has 0 saturated heterocycles. The van der Waals surface area contributed by atoms with E-state index in [2.05, 4.69) is 47.0 Å². The van der Waals surface area contributed by atoms with Crippen LogP contribution in [0.15, 0.2) is 72.8 Å². The zero-order chi connectivity index (χ0) is 28.0. The Bertz CT molecular complexity index is 1280. The molecule has 0 aliphatic heterocycles. The Morgan fingerprint density at radius 3 is 2.21 bits per heavy atom. The van der Waals surface area contributed by atoms with E-state index < -0.39 is 11.5 Å². The summed E-state index contributed by atoms with van der Waals surface area (Å²) in [6.45, 7) is 6.36. The van der Waals surface area contributed by atoms with Crippen LogP contribution in [0.5, 0.6) is 0 Å². The molecule has 1 unspecified atom stereocenters. The van der Waals surface area contributed by atoms with Crippen LogP contribution in [0.25, 0.3) is 11.1 Å². The van der Waals surface area contributed by atoms with Crippen LogP contribution in [0.4, 0.5) is 4.79 Å². The second-order valence-electron chi connectivity index (χ2n) is 11.2. The molecule has 206 valence electrons. The number of alkyl carbamates (subject to hydrolysis) is 1. The van der Waals surface area contributed by atoms with Gasteiger partial charge in [-0.15, -0.1) is 0 Å². The summed E-state index contributed by atoms with van der Waals surface area (Å²) in [4.78, 5) is 24.3. The van der Waals surface area contributed by atoms with Crippen LogP contribution in [0.2, 0.25) is 5.02 Å². The quantitative estimate of drug-likeness (QED) is 0.294. The van der Waals surface area contributed by atoms with E-state index in [1.807, 2.05) is 45.0 Å². The molecule has 0 spiro atoms. The van der Waals surface area contributed by atoms with Gasteiger partial charge in [-0.05, 0) is 81.3 Å². The van der Waals surface area contributed by atoms with Gasteiger partial charge in [0.05, 0.1) is 0 Å². The van der Waals surface area contributed by atoms with E-state index in [0.717, 1.165) is 48.9 Å². The zero-order valence-electron chi connectivity index (χ0n) is 22.9. The number of amides is 2. The van der Waals surface area contributed by atoms with Gasteiger partial charge in [-0.3, -0.25) is 4.79 Å². The molecule has 4 N–H and O–H groups in total. The molecule has 6 nitrogen and oxygen atoms in total. The number of nitrogens with two attached hydrogens (primary N) is 1. The first-order valence-corrected chi connectivity index (χ1v) is 13.9. The number of hydrogen-bond donors (Lipinski definition) is 3. The number of primary amides is 1. The van der Waals surface area contributed by atoms with Crippen molar-refractivity contribution in [2.24, 2.45) is 5.73 Å². The first-order chi connectivity index (χ1) is 18.6. The van der Waals surface area contributed by atoms with Gasteiger partial charge in [0.1, 0.15) is 5.60 Å². The van der Waals surface area contributed by atoms with Crippen molar-refractivity contribution in [1.29, 1.82) is 0 Å². The Morgan fingerprint density at radius 1 is 0.897 bits per heavy atom. The van der Waals surface area contributed by atoms with Gasteiger partial charge >= 0.3 is 6.09 Å². The molecule has 1 fully saturated rings. The average molecular weight is 548 g/mol. The monoisotopic (exact) mass is 547 g/mol. The summed E-state index contributed by atoms with van der Waals surface area (Å²) in [7, 11) is 0. The number of carbonyl (C=O) groups excluding carboxylic acids is 2. The normalized spacial score (nSPS) is 18.3. The summed E-state index contributed by atoms with van der Waals surface area (Å²) in [5, 5.41) is 7.37. The molecule has 1 saturated carbocycles. The standard InChI is InChI=1S/C32H38ClN3O3/c1-32(2,3)39-31(38)36-24-16-14-23(15-17-24)35-20-28(21-9-5-4-6-10-21)22-13-18-29(33)27(19-22)25-11-7-8-12-26(25)30(34)37/h4-13,18-19,23-24,28,35H,14-17,20H2,1-3H3,(H2,34,37)(H,36,38). The number of halogens is 1. The van der Waals surface area contributed by atoms with Crippen LogP contribution in [-0.2, 0) is 4.74 Å². The van der Waals surface area contributed by atoms with Crippen molar-refractivity contribution in [1.82, 2.24) is 10.6 Å². The maximum Gasteiger partial charge on any atom is 0.407 e. The SMILES string of the molecule is CC(C)(C)OC(=O)NC1CCC(NCC(c2ccccc2)c2ccc(Cl)c(-c3ccccc3C(N)=O)c2)CC1. The summed E-state index contributed by atoms with van der Waals surface area (Å²) in [5.74, 6) is -0.398. The van der Waals surface area contributed by atoms with E-state index in [0.29, 0.717) is 16.6 Å².